The van der Waals surface area contributed by atoms with Crippen LogP contribution < -0.4 is 9.64 Å². The Morgan fingerprint density at radius 3 is 2.54 bits per heavy atom. The molecule has 0 bridgehead atoms. The van der Waals surface area contributed by atoms with E-state index in [-0.39, 0.29) is 24.6 Å². The first-order valence-corrected chi connectivity index (χ1v) is 8.68. The Balaban J connectivity index is 1.56. The largest absolute Gasteiger partial charge is 0.484 e. The summed E-state index contributed by atoms with van der Waals surface area (Å²) in [6.07, 6.45) is 2.28. The zero-order valence-electron chi connectivity index (χ0n) is 14.5. The second-order valence-electron chi connectivity index (χ2n) is 6.38. The number of hydrogen-bond acceptors (Lipinski definition) is 4. The molecule has 0 radical (unpaired) electrons. The van der Waals surface area contributed by atoms with Crippen molar-refractivity contribution in [1.82, 2.24) is 14.8 Å². The molecule has 2 heterocycles. The van der Waals surface area contributed by atoms with Gasteiger partial charge in [-0.3, -0.25) is 9.69 Å². The van der Waals surface area contributed by atoms with Crippen molar-refractivity contribution in [1.29, 1.82) is 0 Å². The minimum absolute atomic E-state index is 0.00350. The lowest BCUT2D eigenvalue weighted by Gasteiger charge is -2.37. The van der Waals surface area contributed by atoms with Crippen LogP contribution in [0.2, 0.25) is 0 Å². The van der Waals surface area contributed by atoms with Gasteiger partial charge < -0.3 is 4.74 Å². The van der Waals surface area contributed by atoms with E-state index >= 15 is 0 Å². The number of rotatable bonds is 4. The summed E-state index contributed by atoms with van der Waals surface area (Å²) in [6, 6.07) is 19.6. The minimum atomic E-state index is -0.123. The van der Waals surface area contributed by atoms with E-state index in [1.807, 2.05) is 60.1 Å². The number of anilines is 1. The van der Waals surface area contributed by atoms with Gasteiger partial charge in [-0.2, -0.15) is 10.1 Å². The highest BCUT2D eigenvalue weighted by molar-refractivity contribution is 5.93. The number of carbonyl (C=O) groups excluding carboxylic acids is 1. The second-order valence-corrected chi connectivity index (χ2v) is 6.38. The fourth-order valence-electron chi connectivity index (χ4n) is 3.40. The van der Waals surface area contributed by atoms with Crippen LogP contribution in [0.15, 0.2) is 67.0 Å². The van der Waals surface area contributed by atoms with Crippen molar-refractivity contribution < 1.29 is 9.53 Å². The van der Waals surface area contributed by atoms with E-state index in [0.717, 1.165) is 6.42 Å². The van der Waals surface area contributed by atoms with Gasteiger partial charge >= 0.3 is 0 Å². The van der Waals surface area contributed by atoms with E-state index in [2.05, 4.69) is 22.2 Å². The van der Waals surface area contributed by atoms with Crippen LogP contribution in [0.25, 0.3) is 0 Å². The molecule has 6 nitrogen and oxygen atoms in total. The molecule has 0 aliphatic carbocycles. The van der Waals surface area contributed by atoms with Crippen LogP contribution in [-0.2, 0) is 4.79 Å². The summed E-state index contributed by atoms with van der Waals surface area (Å²) in [4.78, 5) is 18.8. The standard InChI is InChI=1S/C20H20N4O2/c1-15-12-18(16-8-4-2-5-9-16)24-20(21-14-22-24)23(15)19(25)13-26-17-10-6-3-7-11-17/h2-11,14-15,18H,12-13H2,1H3. The zero-order chi connectivity index (χ0) is 17.9. The Hall–Kier alpha value is -3.15. The van der Waals surface area contributed by atoms with Gasteiger partial charge in [0.1, 0.15) is 12.1 Å². The van der Waals surface area contributed by atoms with Crippen LogP contribution in [0, 0.1) is 0 Å². The molecule has 1 aliphatic heterocycles. The van der Waals surface area contributed by atoms with Crippen molar-refractivity contribution in [3.63, 3.8) is 0 Å². The number of aromatic nitrogens is 3. The highest BCUT2D eigenvalue weighted by Crippen LogP contribution is 2.34. The van der Waals surface area contributed by atoms with Gasteiger partial charge in [0.25, 0.3) is 5.91 Å². The molecular weight excluding hydrogens is 328 g/mol. The molecule has 0 saturated heterocycles. The second kappa shape index (κ2) is 7.00. The summed E-state index contributed by atoms with van der Waals surface area (Å²) in [5.41, 5.74) is 1.17. The summed E-state index contributed by atoms with van der Waals surface area (Å²) >= 11 is 0. The lowest BCUT2D eigenvalue weighted by molar-refractivity contribution is -0.121. The molecule has 1 aliphatic rings. The molecular formula is C20H20N4O2. The summed E-state index contributed by atoms with van der Waals surface area (Å²) < 4.78 is 7.45. The van der Waals surface area contributed by atoms with Crippen LogP contribution in [0.3, 0.4) is 0 Å². The fourth-order valence-corrected chi connectivity index (χ4v) is 3.40. The Morgan fingerprint density at radius 2 is 1.81 bits per heavy atom. The summed E-state index contributed by atoms with van der Waals surface area (Å²) in [5, 5.41) is 4.37. The van der Waals surface area contributed by atoms with E-state index in [9.17, 15) is 4.79 Å². The third kappa shape index (κ3) is 3.06. The van der Waals surface area contributed by atoms with Crippen molar-refractivity contribution in [2.75, 3.05) is 11.5 Å². The van der Waals surface area contributed by atoms with E-state index in [1.165, 1.54) is 11.9 Å². The Bertz CT molecular complexity index is 879. The molecule has 26 heavy (non-hydrogen) atoms. The van der Waals surface area contributed by atoms with E-state index < -0.39 is 0 Å². The van der Waals surface area contributed by atoms with Gasteiger partial charge in [-0.25, -0.2) is 4.68 Å². The first-order valence-electron chi connectivity index (χ1n) is 8.68. The molecule has 0 saturated carbocycles. The highest BCUT2D eigenvalue weighted by atomic mass is 16.5. The lowest BCUT2D eigenvalue weighted by atomic mass is 9.97. The quantitative estimate of drug-likeness (QED) is 0.727. The van der Waals surface area contributed by atoms with Crippen LogP contribution in [0.5, 0.6) is 5.75 Å². The van der Waals surface area contributed by atoms with Crippen molar-refractivity contribution in [2.24, 2.45) is 0 Å². The predicted octanol–water partition coefficient (Wildman–Crippen LogP) is 3.07. The van der Waals surface area contributed by atoms with Gasteiger partial charge in [0, 0.05) is 6.04 Å². The van der Waals surface area contributed by atoms with Crippen molar-refractivity contribution in [3.8, 4) is 5.75 Å². The lowest BCUT2D eigenvalue weighted by Crippen LogP contribution is -2.47. The maximum Gasteiger partial charge on any atom is 0.267 e. The van der Waals surface area contributed by atoms with Gasteiger partial charge in [-0.15, -0.1) is 0 Å². The van der Waals surface area contributed by atoms with E-state index in [4.69, 9.17) is 4.74 Å². The summed E-state index contributed by atoms with van der Waals surface area (Å²) in [6.45, 7) is 2.01. The fraction of sp³-hybridized carbons (Fsp3) is 0.250. The number of fused-ring (bicyclic) bond motifs is 1. The molecule has 0 fully saturated rings. The van der Waals surface area contributed by atoms with E-state index in [0.29, 0.717) is 11.7 Å². The van der Waals surface area contributed by atoms with Crippen molar-refractivity contribution in [2.45, 2.75) is 25.4 Å². The van der Waals surface area contributed by atoms with Gasteiger partial charge in [0.05, 0.1) is 6.04 Å². The third-order valence-electron chi connectivity index (χ3n) is 4.63. The first-order chi connectivity index (χ1) is 12.7. The molecule has 132 valence electrons. The number of benzene rings is 2. The Morgan fingerprint density at radius 1 is 1.12 bits per heavy atom. The van der Waals surface area contributed by atoms with Gasteiger partial charge in [-0.05, 0) is 31.0 Å². The molecule has 1 amide bonds. The predicted molar refractivity (Wildman–Crippen MR) is 98.1 cm³/mol. The third-order valence-corrected chi connectivity index (χ3v) is 4.63. The molecule has 0 N–H and O–H groups in total. The van der Waals surface area contributed by atoms with Gasteiger partial charge in [0.15, 0.2) is 6.61 Å². The average Bonchev–Trinajstić information content (AvgIpc) is 3.16. The normalized spacial score (nSPS) is 19.0. The van der Waals surface area contributed by atoms with Crippen LogP contribution in [-0.4, -0.2) is 33.3 Å². The molecule has 4 rings (SSSR count). The molecule has 1 aromatic heterocycles. The first kappa shape index (κ1) is 16.3. The average molecular weight is 348 g/mol. The van der Waals surface area contributed by atoms with Crippen molar-refractivity contribution in [3.05, 3.63) is 72.6 Å². The SMILES string of the molecule is CC1CC(c2ccccc2)n2ncnc2N1C(=O)COc1ccccc1. The van der Waals surface area contributed by atoms with Crippen LogP contribution in [0.1, 0.15) is 24.9 Å². The van der Waals surface area contributed by atoms with E-state index in [1.54, 1.807) is 4.90 Å². The molecule has 3 aromatic rings. The highest BCUT2D eigenvalue weighted by Gasteiger charge is 2.36. The molecule has 6 heteroatoms. The molecule has 0 spiro atoms. The smallest absolute Gasteiger partial charge is 0.267 e. The van der Waals surface area contributed by atoms with Crippen LogP contribution >= 0.6 is 0 Å². The monoisotopic (exact) mass is 348 g/mol. The molecule has 2 atom stereocenters. The van der Waals surface area contributed by atoms with Gasteiger partial charge in [-0.1, -0.05) is 48.5 Å². The number of carbonyl (C=O) groups is 1. The maximum absolute atomic E-state index is 12.8. The summed E-state index contributed by atoms with van der Waals surface area (Å²) in [7, 11) is 0. The maximum atomic E-state index is 12.8. The van der Waals surface area contributed by atoms with Crippen LogP contribution in [0.4, 0.5) is 5.95 Å². The minimum Gasteiger partial charge on any atom is -0.484 e. The topological polar surface area (TPSA) is 60.2 Å². The Kier molecular flexibility index (Phi) is 4.39. The van der Waals surface area contributed by atoms with Crippen molar-refractivity contribution >= 4 is 11.9 Å². The number of amides is 1. The number of hydrogen-bond donors (Lipinski definition) is 0. The number of ether oxygens (including phenoxy) is 1. The Labute approximate surface area is 152 Å². The summed E-state index contributed by atoms with van der Waals surface area (Å²) in [5.74, 6) is 1.12. The van der Waals surface area contributed by atoms with Gasteiger partial charge in [0.2, 0.25) is 5.95 Å². The molecule has 2 unspecified atom stereocenters. The number of nitrogens with zero attached hydrogens (tertiary/aromatic N) is 4. The zero-order valence-corrected chi connectivity index (χ0v) is 14.5. The molecule has 2 aromatic carbocycles. The number of para-hydroxylation sites is 1.